The van der Waals surface area contributed by atoms with E-state index in [1.54, 1.807) is 30.5 Å². The number of nitrogens with zero attached hydrogens (tertiary/aromatic N) is 1. The number of hydroxylamine groups is 1. The van der Waals surface area contributed by atoms with Crippen LogP contribution < -0.4 is 10.8 Å². The zero-order valence-electron chi connectivity index (χ0n) is 13.8. The Morgan fingerprint density at radius 3 is 2.93 bits per heavy atom. The zero-order chi connectivity index (χ0) is 19.4. The molecule has 10 heteroatoms. The predicted molar refractivity (Wildman–Crippen MR) is 109 cm³/mol. The fourth-order valence-corrected chi connectivity index (χ4v) is 3.49. The molecule has 0 spiro atoms. The predicted octanol–water partition coefficient (Wildman–Crippen LogP) is 2.80. The summed E-state index contributed by atoms with van der Waals surface area (Å²) in [6, 6.07) is 8.02. The number of amides is 1. The number of aliphatic hydroxyl groups is 2. The third-order valence-electron chi connectivity index (χ3n) is 3.61. The van der Waals surface area contributed by atoms with Gasteiger partial charge in [0.2, 0.25) is 0 Å². The molecule has 0 aliphatic heterocycles. The molecule has 1 aromatic heterocycles. The minimum absolute atomic E-state index is 0.224. The van der Waals surface area contributed by atoms with Crippen molar-refractivity contribution in [3.63, 3.8) is 0 Å². The number of carbonyl (C=O) groups excluding carboxylic acids is 1. The molecule has 0 saturated heterocycles. The Bertz CT molecular complexity index is 969. The van der Waals surface area contributed by atoms with Crippen molar-refractivity contribution < 1.29 is 24.2 Å². The molecule has 0 aliphatic rings. The van der Waals surface area contributed by atoms with Crippen LogP contribution in [0.3, 0.4) is 0 Å². The van der Waals surface area contributed by atoms with E-state index in [1.807, 2.05) is 22.6 Å². The molecular weight excluding hydrogens is 488 g/mol. The first-order valence-corrected chi connectivity index (χ1v) is 9.65. The van der Waals surface area contributed by atoms with Crippen molar-refractivity contribution in [1.29, 1.82) is 0 Å². The molecule has 0 bridgehead atoms. The second kappa shape index (κ2) is 8.89. The highest BCUT2D eigenvalue weighted by Crippen LogP contribution is 2.34. The van der Waals surface area contributed by atoms with Crippen molar-refractivity contribution >= 4 is 61.5 Å². The van der Waals surface area contributed by atoms with Gasteiger partial charge in [-0.25, -0.2) is 9.87 Å². The molecule has 0 radical (unpaired) electrons. The van der Waals surface area contributed by atoms with Gasteiger partial charge in [-0.05, 0) is 58.4 Å². The fraction of sp³-hybridized carbons (Fsp3) is 0.176. The molecule has 1 atom stereocenters. The van der Waals surface area contributed by atoms with Gasteiger partial charge in [0, 0.05) is 15.2 Å². The molecule has 27 heavy (non-hydrogen) atoms. The monoisotopic (exact) mass is 503 g/mol. The van der Waals surface area contributed by atoms with Crippen LogP contribution in [-0.4, -0.2) is 39.8 Å². The molecule has 1 heterocycles. The van der Waals surface area contributed by atoms with Crippen molar-refractivity contribution in [3.05, 3.63) is 51.5 Å². The van der Waals surface area contributed by atoms with Crippen LogP contribution in [0, 0.1) is 9.39 Å². The van der Waals surface area contributed by atoms with E-state index in [0.29, 0.717) is 10.4 Å². The summed E-state index contributed by atoms with van der Waals surface area (Å²) in [6.07, 6.45) is 0.554. The van der Waals surface area contributed by atoms with Gasteiger partial charge in [0.15, 0.2) is 0 Å². The van der Waals surface area contributed by atoms with Crippen molar-refractivity contribution in [3.8, 4) is 0 Å². The normalized spacial score (nSPS) is 12.1. The molecule has 4 N–H and O–H groups in total. The van der Waals surface area contributed by atoms with Gasteiger partial charge in [0.1, 0.15) is 18.5 Å². The van der Waals surface area contributed by atoms with Gasteiger partial charge in [0.05, 0.1) is 28.2 Å². The van der Waals surface area contributed by atoms with Gasteiger partial charge in [-0.3, -0.25) is 9.63 Å². The molecule has 2 aromatic carbocycles. The molecule has 3 rings (SSSR count). The van der Waals surface area contributed by atoms with Crippen LogP contribution in [0.25, 0.3) is 10.1 Å². The Labute approximate surface area is 171 Å². The largest absolute Gasteiger partial charge is 0.394 e. The number of hydrogen-bond acceptors (Lipinski definition) is 7. The van der Waals surface area contributed by atoms with Crippen molar-refractivity contribution in [2.24, 2.45) is 0 Å². The lowest BCUT2D eigenvalue weighted by molar-refractivity contribution is -0.0295. The molecule has 1 amide bonds. The first-order valence-electron chi connectivity index (χ1n) is 7.80. The Kier molecular flexibility index (Phi) is 6.55. The molecule has 7 nitrogen and oxygen atoms in total. The minimum atomic E-state index is -1.10. The average molecular weight is 503 g/mol. The van der Waals surface area contributed by atoms with Crippen LogP contribution in [0.2, 0.25) is 0 Å². The summed E-state index contributed by atoms with van der Waals surface area (Å²) >= 11 is 3.19. The number of benzene rings is 2. The number of fused-ring (bicyclic) bond motifs is 1. The summed E-state index contributed by atoms with van der Waals surface area (Å²) in [4.78, 5) is 17.4. The van der Waals surface area contributed by atoms with Crippen LogP contribution in [-0.2, 0) is 4.84 Å². The van der Waals surface area contributed by atoms with Crippen LogP contribution in [0.15, 0.2) is 36.5 Å². The summed E-state index contributed by atoms with van der Waals surface area (Å²) in [5, 5.41) is 21.8. The molecule has 142 valence electrons. The molecular formula is C17H15FIN3O4S. The highest BCUT2D eigenvalue weighted by atomic mass is 127. The van der Waals surface area contributed by atoms with E-state index in [1.165, 1.54) is 17.6 Å². The van der Waals surface area contributed by atoms with E-state index < -0.39 is 24.4 Å². The summed E-state index contributed by atoms with van der Waals surface area (Å²) in [7, 11) is 0. The first-order chi connectivity index (χ1) is 13.0. The van der Waals surface area contributed by atoms with E-state index in [-0.39, 0.29) is 17.9 Å². The summed E-state index contributed by atoms with van der Waals surface area (Å²) in [5.74, 6) is -1.03. The number of nitrogens with one attached hydrogen (secondary N) is 2. The summed E-state index contributed by atoms with van der Waals surface area (Å²) in [6.45, 7) is -0.749. The van der Waals surface area contributed by atoms with Gasteiger partial charge in [-0.15, -0.1) is 0 Å². The Balaban J connectivity index is 1.91. The number of anilines is 2. The van der Waals surface area contributed by atoms with Crippen molar-refractivity contribution in [2.45, 2.75) is 6.10 Å². The standard InChI is InChI=1S/C17H15FIN3O4S/c18-13-5-10(19)2-4-14(13)21-15-12(3-1-9-6-20-27-16(9)15)17(25)22-26-8-11(24)7-23/h1-6,11,21,23-24H,7-8H2,(H,22,25)/t11-/m1/s1. The highest BCUT2D eigenvalue weighted by molar-refractivity contribution is 14.1. The third-order valence-corrected chi connectivity index (χ3v) is 5.11. The van der Waals surface area contributed by atoms with Crippen LogP contribution in [0.1, 0.15) is 10.4 Å². The van der Waals surface area contributed by atoms with Gasteiger partial charge >= 0.3 is 0 Å². The van der Waals surface area contributed by atoms with Gasteiger partial charge < -0.3 is 15.5 Å². The SMILES string of the molecule is O=C(NOC[C@H](O)CO)c1ccc2cnsc2c1Nc1ccc(I)cc1F. The minimum Gasteiger partial charge on any atom is -0.394 e. The summed E-state index contributed by atoms with van der Waals surface area (Å²) in [5.41, 5.74) is 3.06. The van der Waals surface area contributed by atoms with E-state index in [9.17, 15) is 14.3 Å². The topological polar surface area (TPSA) is 104 Å². The molecule has 0 saturated carbocycles. The third kappa shape index (κ3) is 4.71. The highest BCUT2D eigenvalue weighted by Gasteiger charge is 2.18. The van der Waals surface area contributed by atoms with Crippen LogP contribution >= 0.6 is 34.1 Å². The lowest BCUT2D eigenvalue weighted by atomic mass is 10.1. The quantitative estimate of drug-likeness (QED) is 0.292. The number of hydrogen-bond donors (Lipinski definition) is 4. The number of rotatable bonds is 7. The summed E-state index contributed by atoms with van der Waals surface area (Å²) < 4.78 is 19.8. The lowest BCUT2D eigenvalue weighted by Gasteiger charge is -2.14. The molecule has 0 fully saturated rings. The maximum absolute atomic E-state index is 14.3. The number of halogens is 2. The van der Waals surface area contributed by atoms with Gasteiger partial charge in [-0.2, -0.15) is 4.37 Å². The molecule has 0 aliphatic carbocycles. The smallest absolute Gasteiger partial charge is 0.277 e. The van der Waals surface area contributed by atoms with E-state index in [0.717, 1.165) is 8.96 Å². The van der Waals surface area contributed by atoms with Gasteiger partial charge in [0.25, 0.3) is 5.91 Å². The van der Waals surface area contributed by atoms with Crippen molar-refractivity contribution in [2.75, 3.05) is 18.5 Å². The molecule has 3 aromatic rings. The van der Waals surface area contributed by atoms with Crippen molar-refractivity contribution in [1.82, 2.24) is 9.85 Å². The lowest BCUT2D eigenvalue weighted by Crippen LogP contribution is -2.30. The number of aromatic nitrogens is 1. The maximum Gasteiger partial charge on any atom is 0.277 e. The zero-order valence-corrected chi connectivity index (χ0v) is 16.8. The maximum atomic E-state index is 14.3. The van der Waals surface area contributed by atoms with Crippen LogP contribution in [0.5, 0.6) is 0 Å². The first kappa shape index (κ1) is 19.9. The second-order valence-electron chi connectivity index (χ2n) is 5.56. The number of carbonyl (C=O) groups is 1. The second-order valence-corrected chi connectivity index (χ2v) is 7.61. The molecule has 0 unspecified atom stereocenters. The van der Waals surface area contributed by atoms with E-state index in [2.05, 4.69) is 15.2 Å². The Morgan fingerprint density at radius 2 is 2.19 bits per heavy atom. The van der Waals surface area contributed by atoms with Crippen LogP contribution in [0.4, 0.5) is 15.8 Å². The Morgan fingerprint density at radius 1 is 1.37 bits per heavy atom. The fourth-order valence-electron chi connectivity index (χ4n) is 2.28. The van der Waals surface area contributed by atoms with E-state index >= 15 is 0 Å². The average Bonchev–Trinajstić information content (AvgIpc) is 3.12. The Hall–Kier alpha value is -1.86. The number of aliphatic hydroxyl groups excluding tert-OH is 2. The van der Waals surface area contributed by atoms with E-state index in [4.69, 9.17) is 9.94 Å². The van der Waals surface area contributed by atoms with Gasteiger partial charge in [-0.1, -0.05) is 6.07 Å².